The summed E-state index contributed by atoms with van der Waals surface area (Å²) in [5.41, 5.74) is 6.57. The summed E-state index contributed by atoms with van der Waals surface area (Å²) in [6.07, 6.45) is 3.28. The van der Waals surface area contributed by atoms with Gasteiger partial charge in [-0.3, -0.25) is 4.21 Å². The first-order valence-electron chi connectivity index (χ1n) is 6.85. The Kier molecular flexibility index (Phi) is 4.50. The van der Waals surface area contributed by atoms with E-state index in [-0.39, 0.29) is 5.25 Å². The molecule has 1 aliphatic rings. The van der Waals surface area contributed by atoms with Crippen LogP contribution < -0.4 is 10.5 Å². The van der Waals surface area contributed by atoms with Gasteiger partial charge in [0.25, 0.3) is 0 Å². The molecule has 0 heterocycles. The van der Waals surface area contributed by atoms with E-state index in [0.29, 0.717) is 17.5 Å². The maximum Gasteiger partial charge on any atom is 0.120 e. The minimum Gasteiger partial charge on any atom is -0.497 e. The smallest absolute Gasteiger partial charge is 0.120 e. The van der Waals surface area contributed by atoms with Crippen molar-refractivity contribution in [2.75, 3.05) is 12.8 Å². The van der Waals surface area contributed by atoms with Crippen LogP contribution in [0.25, 0.3) is 0 Å². The standard InChI is InChI=1S/C15H23NO2S/c1-10-6-11(2)8-13(7-10)19(17)15-9-12(18-3)4-5-14(15)16/h4-5,9-11,13H,6-8,16H2,1-3H3. The minimum absolute atomic E-state index is 0.216. The van der Waals surface area contributed by atoms with Gasteiger partial charge < -0.3 is 10.5 Å². The van der Waals surface area contributed by atoms with Crippen LogP contribution in [0.3, 0.4) is 0 Å². The Balaban J connectivity index is 2.23. The molecule has 0 bridgehead atoms. The lowest BCUT2D eigenvalue weighted by molar-refractivity contribution is 0.305. The van der Waals surface area contributed by atoms with Gasteiger partial charge in [-0.25, -0.2) is 0 Å². The van der Waals surface area contributed by atoms with Crippen LogP contribution in [0.4, 0.5) is 5.69 Å². The van der Waals surface area contributed by atoms with Gasteiger partial charge in [0.2, 0.25) is 0 Å². The molecule has 3 nitrogen and oxygen atoms in total. The number of hydrogen-bond donors (Lipinski definition) is 1. The van der Waals surface area contributed by atoms with Gasteiger partial charge in [0.1, 0.15) is 5.75 Å². The molecule has 4 heteroatoms. The number of anilines is 1. The normalized spacial score (nSPS) is 28.9. The van der Waals surface area contributed by atoms with Crippen molar-refractivity contribution >= 4 is 16.5 Å². The van der Waals surface area contributed by atoms with E-state index >= 15 is 0 Å². The largest absolute Gasteiger partial charge is 0.497 e. The molecule has 2 N–H and O–H groups in total. The van der Waals surface area contributed by atoms with Crippen molar-refractivity contribution in [1.82, 2.24) is 0 Å². The van der Waals surface area contributed by atoms with E-state index in [2.05, 4.69) is 13.8 Å². The number of methoxy groups -OCH3 is 1. The first-order valence-corrected chi connectivity index (χ1v) is 8.06. The topological polar surface area (TPSA) is 52.3 Å². The lowest BCUT2D eigenvalue weighted by Crippen LogP contribution is -2.28. The van der Waals surface area contributed by atoms with Gasteiger partial charge in [0, 0.05) is 10.9 Å². The predicted octanol–water partition coefficient (Wildman–Crippen LogP) is 3.21. The molecule has 19 heavy (non-hydrogen) atoms. The summed E-state index contributed by atoms with van der Waals surface area (Å²) in [4.78, 5) is 0.727. The zero-order chi connectivity index (χ0) is 14.0. The maximum absolute atomic E-state index is 12.8. The van der Waals surface area contributed by atoms with Crippen molar-refractivity contribution < 1.29 is 8.95 Å². The Hall–Kier alpha value is -1.03. The fraction of sp³-hybridized carbons (Fsp3) is 0.600. The van der Waals surface area contributed by atoms with Crippen molar-refractivity contribution in [3.05, 3.63) is 18.2 Å². The van der Waals surface area contributed by atoms with Crippen LogP contribution in [0, 0.1) is 11.8 Å². The van der Waals surface area contributed by atoms with Crippen molar-refractivity contribution in [3.8, 4) is 5.75 Å². The summed E-state index contributed by atoms with van der Waals surface area (Å²) in [6, 6.07) is 5.40. The van der Waals surface area contributed by atoms with E-state index in [0.717, 1.165) is 23.5 Å². The molecule has 1 saturated carbocycles. The highest BCUT2D eigenvalue weighted by Gasteiger charge is 2.29. The molecule has 0 aromatic heterocycles. The zero-order valence-electron chi connectivity index (χ0n) is 11.9. The molecule has 3 atom stereocenters. The number of ether oxygens (including phenoxy) is 1. The Morgan fingerprint density at radius 2 is 1.84 bits per heavy atom. The van der Waals surface area contributed by atoms with Gasteiger partial charge in [-0.05, 0) is 49.3 Å². The molecule has 0 saturated heterocycles. The zero-order valence-corrected chi connectivity index (χ0v) is 12.7. The van der Waals surface area contributed by atoms with Crippen LogP contribution in [-0.2, 0) is 10.8 Å². The van der Waals surface area contributed by atoms with E-state index in [4.69, 9.17) is 10.5 Å². The van der Waals surface area contributed by atoms with E-state index in [1.165, 1.54) is 6.42 Å². The van der Waals surface area contributed by atoms with E-state index in [9.17, 15) is 4.21 Å². The number of nitrogens with two attached hydrogens (primary N) is 1. The van der Waals surface area contributed by atoms with Gasteiger partial charge in [0.05, 0.1) is 22.8 Å². The van der Waals surface area contributed by atoms with Gasteiger partial charge in [-0.15, -0.1) is 0 Å². The van der Waals surface area contributed by atoms with E-state index in [1.54, 1.807) is 13.2 Å². The maximum atomic E-state index is 12.8. The minimum atomic E-state index is -1.04. The molecule has 1 aromatic carbocycles. The molecule has 2 rings (SSSR count). The van der Waals surface area contributed by atoms with Gasteiger partial charge in [0.15, 0.2) is 0 Å². The second-order valence-electron chi connectivity index (χ2n) is 5.74. The molecular formula is C15H23NO2S. The number of hydrogen-bond acceptors (Lipinski definition) is 3. The van der Waals surface area contributed by atoms with Crippen LogP contribution in [0.5, 0.6) is 5.75 Å². The summed E-state index contributed by atoms with van der Waals surface area (Å²) in [5, 5.41) is 0.216. The summed E-state index contributed by atoms with van der Waals surface area (Å²) in [6.45, 7) is 4.49. The van der Waals surface area contributed by atoms with Crippen LogP contribution in [0.15, 0.2) is 23.1 Å². The molecule has 0 amide bonds. The highest BCUT2D eigenvalue weighted by atomic mass is 32.2. The highest BCUT2D eigenvalue weighted by molar-refractivity contribution is 7.85. The van der Waals surface area contributed by atoms with Gasteiger partial charge in [-0.2, -0.15) is 0 Å². The molecule has 1 aromatic rings. The second-order valence-corrected chi connectivity index (χ2v) is 7.44. The van der Waals surface area contributed by atoms with Crippen LogP contribution >= 0.6 is 0 Å². The number of rotatable bonds is 3. The Morgan fingerprint density at radius 1 is 1.21 bits per heavy atom. The van der Waals surface area contributed by atoms with Crippen LogP contribution in [0.1, 0.15) is 33.1 Å². The SMILES string of the molecule is COc1ccc(N)c(S(=O)C2CC(C)CC(C)C2)c1. The Labute approximate surface area is 118 Å². The summed E-state index contributed by atoms with van der Waals surface area (Å²) in [7, 11) is 0.574. The third kappa shape index (κ3) is 3.30. The first kappa shape index (κ1) is 14.4. The molecule has 3 unspecified atom stereocenters. The predicted molar refractivity (Wildman–Crippen MR) is 79.8 cm³/mol. The summed E-state index contributed by atoms with van der Waals surface area (Å²) in [5.74, 6) is 2.00. The highest BCUT2D eigenvalue weighted by Crippen LogP contribution is 2.35. The Morgan fingerprint density at radius 3 is 2.42 bits per heavy atom. The molecular weight excluding hydrogens is 258 g/mol. The lowest BCUT2D eigenvalue weighted by Gasteiger charge is -2.31. The fourth-order valence-electron chi connectivity index (χ4n) is 3.04. The van der Waals surface area contributed by atoms with Crippen molar-refractivity contribution in [3.63, 3.8) is 0 Å². The fourth-order valence-corrected chi connectivity index (χ4v) is 4.94. The number of benzene rings is 1. The molecule has 0 radical (unpaired) electrons. The Bertz CT molecular complexity index is 465. The van der Waals surface area contributed by atoms with Crippen LogP contribution in [0.2, 0.25) is 0 Å². The molecule has 1 aliphatic carbocycles. The van der Waals surface area contributed by atoms with E-state index in [1.807, 2.05) is 12.1 Å². The van der Waals surface area contributed by atoms with Gasteiger partial charge in [-0.1, -0.05) is 13.8 Å². The third-order valence-electron chi connectivity index (χ3n) is 3.88. The third-order valence-corrected chi connectivity index (χ3v) is 5.65. The number of nitrogen functional groups attached to an aromatic ring is 1. The molecule has 106 valence electrons. The van der Waals surface area contributed by atoms with E-state index < -0.39 is 10.8 Å². The average molecular weight is 281 g/mol. The average Bonchev–Trinajstić information content (AvgIpc) is 2.37. The monoisotopic (exact) mass is 281 g/mol. The lowest BCUT2D eigenvalue weighted by atomic mass is 9.83. The second kappa shape index (κ2) is 5.95. The quantitative estimate of drug-likeness (QED) is 0.866. The first-order chi connectivity index (χ1) is 9.01. The molecule has 0 aliphatic heterocycles. The van der Waals surface area contributed by atoms with Crippen LogP contribution in [-0.4, -0.2) is 16.6 Å². The van der Waals surface area contributed by atoms with Gasteiger partial charge >= 0.3 is 0 Å². The molecule has 1 fully saturated rings. The molecule has 0 spiro atoms. The summed E-state index contributed by atoms with van der Waals surface area (Å²) >= 11 is 0. The summed E-state index contributed by atoms with van der Waals surface area (Å²) < 4.78 is 18.0. The van der Waals surface area contributed by atoms with Crippen molar-refractivity contribution in [2.45, 2.75) is 43.3 Å². The van der Waals surface area contributed by atoms with Crippen molar-refractivity contribution in [2.24, 2.45) is 11.8 Å². The van der Waals surface area contributed by atoms with Crippen molar-refractivity contribution in [1.29, 1.82) is 0 Å².